The number of benzene rings is 1. The molecule has 0 radical (unpaired) electrons. The van der Waals surface area contributed by atoms with Crippen LogP contribution in [-0.2, 0) is 16.9 Å². The predicted molar refractivity (Wildman–Crippen MR) is 78.6 cm³/mol. The average Bonchev–Trinajstić information content (AvgIpc) is 3.02. The van der Waals surface area contributed by atoms with Crippen LogP contribution in [0.25, 0.3) is 10.2 Å². The zero-order valence-electron chi connectivity index (χ0n) is 11.3. The maximum Gasteiger partial charge on any atom is 0.251 e. The summed E-state index contributed by atoms with van der Waals surface area (Å²) in [7, 11) is -2.56. The summed E-state index contributed by atoms with van der Waals surface area (Å²) < 4.78 is 41.0. The van der Waals surface area contributed by atoms with E-state index >= 15 is 0 Å². The van der Waals surface area contributed by atoms with Gasteiger partial charge in [-0.05, 0) is 25.1 Å². The zero-order chi connectivity index (χ0) is 15.2. The van der Waals surface area contributed by atoms with Crippen LogP contribution in [-0.4, -0.2) is 23.2 Å². The number of sulfone groups is 1. The van der Waals surface area contributed by atoms with Gasteiger partial charge in [-0.3, -0.25) is 4.68 Å². The van der Waals surface area contributed by atoms with Crippen LogP contribution in [0.15, 0.2) is 34.7 Å². The van der Waals surface area contributed by atoms with Gasteiger partial charge < -0.3 is 0 Å². The number of halogens is 1. The Balaban J connectivity index is 2.06. The highest BCUT2D eigenvalue weighted by molar-refractivity contribution is 7.93. The Kier molecular flexibility index (Phi) is 3.29. The van der Waals surface area contributed by atoms with Crippen molar-refractivity contribution in [3.05, 3.63) is 41.7 Å². The summed E-state index contributed by atoms with van der Waals surface area (Å²) >= 11 is 0.965. The Morgan fingerprint density at radius 2 is 2.05 bits per heavy atom. The lowest BCUT2D eigenvalue weighted by Crippen LogP contribution is -2.10. The van der Waals surface area contributed by atoms with Gasteiger partial charge in [-0.15, -0.1) is 11.3 Å². The summed E-state index contributed by atoms with van der Waals surface area (Å²) in [5.74, 6) is 0. The third kappa shape index (κ3) is 2.34. The molecule has 0 saturated carbocycles. The number of hydrogen-bond acceptors (Lipinski definition) is 5. The normalized spacial score (nSPS) is 13.7. The van der Waals surface area contributed by atoms with Gasteiger partial charge in [0.2, 0.25) is 14.2 Å². The molecule has 1 aromatic carbocycles. The van der Waals surface area contributed by atoms with Crippen molar-refractivity contribution >= 4 is 31.4 Å². The zero-order valence-corrected chi connectivity index (χ0v) is 12.9. The van der Waals surface area contributed by atoms with Gasteiger partial charge >= 0.3 is 0 Å². The van der Waals surface area contributed by atoms with E-state index in [1.807, 2.05) is 0 Å². The van der Waals surface area contributed by atoms with Crippen LogP contribution in [0.3, 0.4) is 0 Å². The molecule has 0 bridgehead atoms. The third-order valence-electron chi connectivity index (χ3n) is 3.16. The van der Waals surface area contributed by atoms with Crippen molar-refractivity contribution in [3.8, 4) is 0 Å². The largest absolute Gasteiger partial charge is 0.273 e. The van der Waals surface area contributed by atoms with E-state index in [9.17, 15) is 12.8 Å². The fraction of sp³-hybridized carbons (Fsp3) is 0.231. The van der Waals surface area contributed by atoms with Crippen molar-refractivity contribution in [2.45, 2.75) is 16.8 Å². The summed E-state index contributed by atoms with van der Waals surface area (Å²) in [5, 5.41) is 3.90. The molecule has 0 spiro atoms. The highest BCUT2D eigenvalue weighted by Gasteiger charge is 2.34. The number of thiazole rings is 1. The number of fused-ring (bicyclic) bond motifs is 1. The number of rotatable bonds is 3. The van der Waals surface area contributed by atoms with Gasteiger partial charge in [0, 0.05) is 12.7 Å². The van der Waals surface area contributed by atoms with Crippen molar-refractivity contribution < 1.29 is 12.8 Å². The van der Waals surface area contributed by atoms with Crippen molar-refractivity contribution in [1.29, 1.82) is 0 Å². The molecule has 1 atom stereocenters. The van der Waals surface area contributed by atoms with Crippen LogP contribution in [0.1, 0.15) is 16.9 Å². The van der Waals surface area contributed by atoms with E-state index in [0.29, 0.717) is 15.9 Å². The minimum atomic E-state index is -4.19. The second-order valence-corrected chi connectivity index (χ2v) is 7.82. The van der Waals surface area contributed by atoms with E-state index in [0.717, 1.165) is 11.3 Å². The molecular formula is C13H12FN3O2S2. The summed E-state index contributed by atoms with van der Waals surface area (Å²) in [6.45, 7) is 1.73. The second-order valence-electron chi connectivity index (χ2n) is 4.64. The molecular weight excluding hydrogens is 313 g/mol. The fourth-order valence-corrected chi connectivity index (χ4v) is 4.44. The highest BCUT2D eigenvalue weighted by atomic mass is 32.2. The molecule has 0 aliphatic heterocycles. The summed E-state index contributed by atoms with van der Waals surface area (Å²) in [6.07, 6.45) is 0. The van der Waals surface area contributed by atoms with Gasteiger partial charge in [0.1, 0.15) is 5.69 Å². The predicted octanol–water partition coefficient (Wildman–Crippen LogP) is 2.78. The number of alkyl halides is 1. The number of hydrogen-bond donors (Lipinski definition) is 0. The third-order valence-corrected chi connectivity index (χ3v) is 6.30. The first-order valence-electron chi connectivity index (χ1n) is 6.13. The Morgan fingerprint density at radius 1 is 1.33 bits per heavy atom. The number of aryl methyl sites for hydroxylation is 2. The molecule has 0 aliphatic rings. The van der Waals surface area contributed by atoms with E-state index in [1.54, 1.807) is 38.2 Å². The van der Waals surface area contributed by atoms with Crippen molar-refractivity contribution in [2.24, 2.45) is 7.05 Å². The van der Waals surface area contributed by atoms with Gasteiger partial charge in [0.25, 0.3) is 5.50 Å². The Labute approximate surface area is 125 Å². The lowest BCUT2D eigenvalue weighted by atomic mass is 10.3. The minimum absolute atomic E-state index is 0.116. The van der Waals surface area contributed by atoms with Gasteiger partial charge in [-0.1, -0.05) is 12.1 Å². The quantitative estimate of drug-likeness (QED) is 0.743. The number of para-hydroxylation sites is 1. The van der Waals surface area contributed by atoms with Gasteiger partial charge in [-0.2, -0.15) is 5.10 Å². The van der Waals surface area contributed by atoms with Gasteiger partial charge in [0.15, 0.2) is 0 Å². The van der Waals surface area contributed by atoms with Crippen LogP contribution in [0.4, 0.5) is 4.39 Å². The second kappa shape index (κ2) is 4.88. The Hall–Kier alpha value is -1.80. The summed E-state index contributed by atoms with van der Waals surface area (Å²) in [4.78, 5) is 4.02. The molecule has 2 heterocycles. The Morgan fingerprint density at radius 3 is 2.67 bits per heavy atom. The van der Waals surface area contributed by atoms with E-state index in [4.69, 9.17) is 0 Å². The lowest BCUT2D eigenvalue weighted by molar-refractivity contribution is 0.420. The minimum Gasteiger partial charge on any atom is -0.273 e. The molecule has 21 heavy (non-hydrogen) atoms. The van der Waals surface area contributed by atoms with Crippen molar-refractivity contribution in [2.75, 3.05) is 0 Å². The summed E-state index contributed by atoms with van der Waals surface area (Å²) in [5.41, 5.74) is -1.09. The van der Waals surface area contributed by atoms with Crippen LogP contribution in [0.2, 0.25) is 0 Å². The molecule has 5 nitrogen and oxygen atoms in total. The molecule has 0 saturated heterocycles. The standard InChI is InChI=1S/C13H12FN3O2S2/c1-8-7-10(16-17(8)2)12(14)21(18,19)13-15-9-5-3-4-6-11(9)20-13/h3-7,12H,1-2H3. The SMILES string of the molecule is Cc1cc(C(F)S(=O)(=O)c2nc3ccccc3s2)nn1C. The van der Waals surface area contributed by atoms with Gasteiger partial charge in [0.05, 0.1) is 10.2 Å². The van der Waals surface area contributed by atoms with Crippen LogP contribution >= 0.6 is 11.3 Å². The molecule has 1 unspecified atom stereocenters. The van der Waals surface area contributed by atoms with E-state index in [2.05, 4.69) is 10.1 Å². The molecule has 0 amide bonds. The fourth-order valence-electron chi connectivity index (χ4n) is 1.92. The first-order valence-corrected chi connectivity index (χ1v) is 8.50. The molecule has 8 heteroatoms. The number of aromatic nitrogens is 3. The molecule has 3 aromatic rings. The van der Waals surface area contributed by atoms with E-state index in [-0.39, 0.29) is 10.0 Å². The smallest absolute Gasteiger partial charge is 0.251 e. The maximum absolute atomic E-state index is 14.4. The first kappa shape index (κ1) is 14.2. The van der Waals surface area contributed by atoms with Crippen LogP contribution in [0.5, 0.6) is 0 Å². The van der Waals surface area contributed by atoms with Crippen LogP contribution < -0.4 is 0 Å². The lowest BCUT2D eigenvalue weighted by Gasteiger charge is -2.03. The van der Waals surface area contributed by atoms with Crippen LogP contribution in [0, 0.1) is 6.92 Å². The highest BCUT2D eigenvalue weighted by Crippen LogP contribution is 2.34. The monoisotopic (exact) mass is 325 g/mol. The molecule has 0 aliphatic carbocycles. The number of nitrogens with zero attached hydrogens (tertiary/aromatic N) is 3. The molecule has 0 fully saturated rings. The molecule has 0 N–H and O–H groups in total. The first-order chi connectivity index (χ1) is 9.89. The molecule has 3 rings (SSSR count). The topological polar surface area (TPSA) is 64.8 Å². The van der Waals surface area contributed by atoms with E-state index < -0.39 is 15.3 Å². The molecule has 2 aromatic heterocycles. The van der Waals surface area contributed by atoms with E-state index in [1.165, 1.54) is 10.7 Å². The van der Waals surface area contributed by atoms with Gasteiger partial charge in [-0.25, -0.2) is 17.8 Å². The molecule has 110 valence electrons. The van der Waals surface area contributed by atoms with Crippen molar-refractivity contribution in [3.63, 3.8) is 0 Å². The van der Waals surface area contributed by atoms with Crippen molar-refractivity contribution in [1.82, 2.24) is 14.8 Å². The average molecular weight is 325 g/mol. The summed E-state index contributed by atoms with van der Waals surface area (Å²) in [6, 6.07) is 8.42. The Bertz CT molecular complexity index is 862. The maximum atomic E-state index is 14.4.